The summed E-state index contributed by atoms with van der Waals surface area (Å²) >= 11 is 1.71. The molecule has 2 heterocycles. The van der Waals surface area contributed by atoms with Gasteiger partial charge in [0.2, 0.25) is 10.0 Å². The summed E-state index contributed by atoms with van der Waals surface area (Å²) in [6.45, 7) is 7.43. The Morgan fingerprint density at radius 3 is 2.80 bits per heavy atom. The fraction of sp³-hybridized carbons (Fsp3) is 0.714. The van der Waals surface area contributed by atoms with E-state index in [1.54, 1.807) is 11.3 Å². The Labute approximate surface area is 126 Å². The van der Waals surface area contributed by atoms with Gasteiger partial charge in [0, 0.05) is 18.6 Å². The Kier molecular flexibility index (Phi) is 5.23. The lowest BCUT2D eigenvalue weighted by Crippen LogP contribution is -2.41. The van der Waals surface area contributed by atoms with E-state index in [1.807, 2.05) is 13.8 Å². The smallest absolute Gasteiger partial charge is 0.216 e. The lowest BCUT2D eigenvalue weighted by molar-refractivity contribution is 0.258. The molecule has 2 atom stereocenters. The third kappa shape index (κ3) is 4.04. The number of hydrogen-bond acceptors (Lipinski definition) is 4. The summed E-state index contributed by atoms with van der Waals surface area (Å²) in [6, 6.07) is 2.51. The first-order valence-electron chi connectivity index (χ1n) is 7.14. The minimum absolute atomic E-state index is 0.0303. The Bertz CT molecular complexity index is 511. The van der Waals surface area contributed by atoms with E-state index >= 15 is 0 Å². The topological polar surface area (TPSA) is 49.4 Å². The van der Waals surface area contributed by atoms with Crippen LogP contribution in [0.2, 0.25) is 0 Å². The molecular formula is C14H24N2O2S2. The van der Waals surface area contributed by atoms with Crippen molar-refractivity contribution in [1.29, 1.82) is 0 Å². The molecule has 2 rings (SSSR count). The highest BCUT2D eigenvalue weighted by Gasteiger charge is 2.34. The van der Waals surface area contributed by atoms with Gasteiger partial charge in [-0.1, -0.05) is 0 Å². The molecule has 4 nitrogen and oxygen atoms in total. The predicted molar refractivity (Wildman–Crippen MR) is 84.7 cm³/mol. The van der Waals surface area contributed by atoms with Crippen molar-refractivity contribution in [2.75, 3.05) is 13.1 Å². The number of rotatable bonds is 6. The lowest BCUT2D eigenvalue weighted by Gasteiger charge is -2.24. The van der Waals surface area contributed by atoms with Crippen LogP contribution in [0, 0.1) is 0 Å². The van der Waals surface area contributed by atoms with Crippen molar-refractivity contribution >= 4 is 21.4 Å². The molecule has 1 aromatic heterocycles. The lowest BCUT2D eigenvalue weighted by atomic mass is 10.1. The zero-order valence-electron chi connectivity index (χ0n) is 12.4. The molecule has 1 fully saturated rings. The Hall–Kier alpha value is -0.430. The van der Waals surface area contributed by atoms with Crippen LogP contribution in [0.5, 0.6) is 0 Å². The summed E-state index contributed by atoms with van der Waals surface area (Å²) in [4.78, 5) is 2.29. The molecule has 1 aliphatic rings. The van der Waals surface area contributed by atoms with Crippen LogP contribution in [0.3, 0.4) is 0 Å². The minimum atomic E-state index is -3.18. The fourth-order valence-corrected chi connectivity index (χ4v) is 5.05. The van der Waals surface area contributed by atoms with Gasteiger partial charge in [-0.05, 0) is 62.5 Å². The molecule has 1 aromatic rings. The summed E-state index contributed by atoms with van der Waals surface area (Å²) in [7, 11) is -3.18. The van der Waals surface area contributed by atoms with Crippen molar-refractivity contribution in [1.82, 2.24) is 9.62 Å². The van der Waals surface area contributed by atoms with Crippen LogP contribution in [0.15, 0.2) is 16.8 Å². The van der Waals surface area contributed by atoms with Crippen LogP contribution in [-0.2, 0) is 16.4 Å². The Balaban J connectivity index is 1.91. The molecule has 0 aliphatic carbocycles. The summed E-state index contributed by atoms with van der Waals surface area (Å²) in [6.07, 6.45) is 1.73. The van der Waals surface area contributed by atoms with Gasteiger partial charge in [-0.3, -0.25) is 4.90 Å². The van der Waals surface area contributed by atoms with Crippen LogP contribution in [-0.4, -0.2) is 43.7 Å². The van der Waals surface area contributed by atoms with E-state index in [-0.39, 0.29) is 11.3 Å². The molecule has 0 saturated carbocycles. The van der Waals surface area contributed by atoms with Gasteiger partial charge in [-0.2, -0.15) is 11.3 Å². The molecule has 0 spiro atoms. The van der Waals surface area contributed by atoms with E-state index in [0.29, 0.717) is 12.6 Å². The van der Waals surface area contributed by atoms with Gasteiger partial charge in [-0.15, -0.1) is 0 Å². The number of thiophene rings is 1. The van der Waals surface area contributed by atoms with Gasteiger partial charge in [-0.25, -0.2) is 13.1 Å². The zero-order chi connectivity index (χ0) is 14.8. The summed E-state index contributed by atoms with van der Waals surface area (Å²) < 4.78 is 27.1. The second-order valence-electron chi connectivity index (χ2n) is 5.91. The van der Waals surface area contributed by atoms with E-state index in [4.69, 9.17) is 0 Å². The summed E-state index contributed by atoms with van der Waals surface area (Å²) in [5, 5.41) is 3.99. The molecule has 1 N–H and O–H groups in total. The van der Waals surface area contributed by atoms with Gasteiger partial charge in [0.1, 0.15) is 0 Å². The fourth-order valence-electron chi connectivity index (χ4n) is 2.71. The van der Waals surface area contributed by atoms with Gasteiger partial charge >= 0.3 is 0 Å². The van der Waals surface area contributed by atoms with Crippen molar-refractivity contribution in [2.24, 2.45) is 0 Å². The minimum Gasteiger partial charge on any atom is -0.299 e. The number of nitrogens with one attached hydrogen (secondary N) is 1. The summed E-state index contributed by atoms with van der Waals surface area (Å²) in [5.74, 6) is 0. The normalized spacial score (nSPS) is 22.5. The van der Waals surface area contributed by atoms with E-state index < -0.39 is 10.0 Å². The predicted octanol–water partition coefficient (Wildman–Crippen LogP) is 2.08. The highest BCUT2D eigenvalue weighted by Crippen LogP contribution is 2.21. The molecule has 0 bridgehead atoms. The molecule has 1 saturated heterocycles. The second-order valence-corrected chi connectivity index (χ2v) is 8.68. The number of nitrogens with zero attached hydrogens (tertiary/aromatic N) is 1. The van der Waals surface area contributed by atoms with Gasteiger partial charge in [0.05, 0.1) is 5.25 Å². The van der Waals surface area contributed by atoms with Crippen molar-refractivity contribution in [2.45, 2.75) is 50.9 Å². The first-order valence-corrected chi connectivity index (χ1v) is 9.63. The summed E-state index contributed by atoms with van der Waals surface area (Å²) in [5.41, 5.74) is 1.34. The average molecular weight is 316 g/mol. The van der Waals surface area contributed by atoms with E-state index in [9.17, 15) is 8.42 Å². The maximum absolute atomic E-state index is 12.2. The molecule has 0 aromatic carbocycles. The molecule has 6 heteroatoms. The van der Waals surface area contributed by atoms with E-state index in [2.05, 4.69) is 33.4 Å². The maximum atomic E-state index is 12.2. The third-order valence-electron chi connectivity index (χ3n) is 3.75. The number of sulfonamides is 1. The largest absolute Gasteiger partial charge is 0.299 e. The highest BCUT2D eigenvalue weighted by molar-refractivity contribution is 7.90. The first-order chi connectivity index (χ1) is 9.38. The van der Waals surface area contributed by atoms with Gasteiger partial charge in [0.25, 0.3) is 0 Å². The average Bonchev–Trinajstić information content (AvgIpc) is 2.97. The maximum Gasteiger partial charge on any atom is 0.216 e. The first kappa shape index (κ1) is 15.9. The molecule has 20 heavy (non-hydrogen) atoms. The van der Waals surface area contributed by atoms with Gasteiger partial charge < -0.3 is 0 Å². The molecule has 0 amide bonds. The monoisotopic (exact) mass is 316 g/mol. The van der Waals surface area contributed by atoms with Crippen LogP contribution in [0.25, 0.3) is 0 Å². The molecule has 1 aliphatic heterocycles. The van der Waals surface area contributed by atoms with Crippen LogP contribution in [0.1, 0.15) is 32.8 Å². The van der Waals surface area contributed by atoms with Gasteiger partial charge in [0.15, 0.2) is 0 Å². The zero-order valence-corrected chi connectivity index (χ0v) is 14.0. The standard InChI is InChI=1S/C14H24N2O2S2/c1-11(2)15-20(17,18)14-4-6-16(9-14)12(3)8-13-5-7-19-10-13/h5,7,10-12,14-15H,4,6,8-9H2,1-3H3/t12-,14+/m0/s1. The molecule has 0 radical (unpaired) electrons. The van der Waals surface area contributed by atoms with Crippen molar-refractivity contribution in [3.8, 4) is 0 Å². The molecule has 0 unspecified atom stereocenters. The SMILES string of the molecule is CC(C)NS(=O)(=O)[C@@H]1CCN([C@@H](C)Cc2ccsc2)C1. The quantitative estimate of drug-likeness (QED) is 0.874. The molecular weight excluding hydrogens is 292 g/mol. The van der Waals surface area contributed by atoms with Crippen molar-refractivity contribution in [3.05, 3.63) is 22.4 Å². The van der Waals surface area contributed by atoms with Crippen molar-refractivity contribution < 1.29 is 8.42 Å². The number of hydrogen-bond donors (Lipinski definition) is 1. The number of likely N-dealkylation sites (tertiary alicyclic amines) is 1. The highest BCUT2D eigenvalue weighted by atomic mass is 32.2. The molecule has 114 valence electrons. The Morgan fingerprint density at radius 2 is 2.20 bits per heavy atom. The van der Waals surface area contributed by atoms with Crippen LogP contribution >= 0.6 is 11.3 Å². The Morgan fingerprint density at radius 1 is 1.45 bits per heavy atom. The van der Waals surface area contributed by atoms with E-state index in [1.165, 1.54) is 5.56 Å². The van der Waals surface area contributed by atoms with E-state index in [0.717, 1.165) is 19.4 Å². The van der Waals surface area contributed by atoms with Crippen LogP contribution < -0.4 is 4.72 Å². The second kappa shape index (κ2) is 6.56. The third-order valence-corrected chi connectivity index (χ3v) is 6.54. The van der Waals surface area contributed by atoms with Crippen molar-refractivity contribution in [3.63, 3.8) is 0 Å². The van der Waals surface area contributed by atoms with Crippen LogP contribution in [0.4, 0.5) is 0 Å².